The minimum absolute atomic E-state index is 0.298. The summed E-state index contributed by atoms with van der Waals surface area (Å²) in [6.07, 6.45) is 4.95. The topological polar surface area (TPSA) is 63.0 Å². The van der Waals surface area contributed by atoms with Crippen LogP contribution >= 0.6 is 9.66 Å². The van der Waals surface area contributed by atoms with Crippen LogP contribution in [-0.2, 0) is 4.74 Å². The molecule has 0 bridgehead atoms. The molecule has 100 valence electrons. The van der Waals surface area contributed by atoms with Crippen molar-refractivity contribution >= 4 is 26.5 Å². The largest absolute Gasteiger partial charge is 0.462 e. The van der Waals surface area contributed by atoms with Gasteiger partial charge in [-0.15, -0.1) is 0 Å². The van der Waals surface area contributed by atoms with E-state index < -0.39 is 15.6 Å². The van der Waals surface area contributed by atoms with Gasteiger partial charge in [-0.05, 0) is 22.6 Å². The van der Waals surface area contributed by atoms with E-state index in [4.69, 9.17) is 4.74 Å². The lowest BCUT2D eigenvalue weighted by atomic mass is 10.1. The molecule has 0 aliphatic heterocycles. The highest BCUT2D eigenvalue weighted by Crippen LogP contribution is 2.41. The third-order valence-corrected chi connectivity index (χ3v) is 4.16. The number of hydrogen-bond acceptors (Lipinski definition) is 4. The Morgan fingerprint density at radius 3 is 2.68 bits per heavy atom. The van der Waals surface area contributed by atoms with E-state index in [9.17, 15) is 9.40 Å². The van der Waals surface area contributed by atoms with Crippen LogP contribution in [0.4, 0.5) is 0 Å². The lowest BCUT2D eigenvalue weighted by Gasteiger charge is -2.15. The van der Waals surface area contributed by atoms with E-state index in [0.29, 0.717) is 17.1 Å². The van der Waals surface area contributed by atoms with Crippen molar-refractivity contribution < 1.29 is 9.53 Å². The zero-order valence-corrected chi connectivity index (χ0v) is 12.0. The Hall–Kier alpha value is -1.84. The maximum absolute atomic E-state index is 12.0. The van der Waals surface area contributed by atoms with Gasteiger partial charge in [0.2, 0.25) is 0 Å². The van der Waals surface area contributed by atoms with Gasteiger partial charge in [0.25, 0.3) is 0 Å². The number of nitrogens with zero attached hydrogens (tertiary/aromatic N) is 2. The molecule has 0 unspecified atom stereocenters. The maximum atomic E-state index is 12.0. The molecule has 1 aromatic heterocycles. The Morgan fingerprint density at radius 2 is 2.05 bits per heavy atom. The van der Waals surface area contributed by atoms with Crippen LogP contribution in [0.5, 0.6) is 0 Å². The molecule has 0 fully saturated rings. The summed E-state index contributed by atoms with van der Waals surface area (Å²) in [5.41, 5.74) is 1.11. The summed E-state index contributed by atoms with van der Waals surface area (Å²) in [4.78, 5) is 16.9. The van der Waals surface area contributed by atoms with Gasteiger partial charge in [-0.3, -0.25) is 4.98 Å². The van der Waals surface area contributed by atoms with Crippen molar-refractivity contribution in [1.29, 1.82) is 4.61 Å². The van der Waals surface area contributed by atoms with E-state index in [1.165, 1.54) is 6.20 Å². The van der Waals surface area contributed by atoms with Gasteiger partial charge >= 0.3 is 5.97 Å². The molecule has 0 amide bonds. The van der Waals surface area contributed by atoms with E-state index >= 15 is 0 Å². The van der Waals surface area contributed by atoms with Crippen molar-refractivity contribution in [2.45, 2.75) is 11.8 Å². The van der Waals surface area contributed by atoms with E-state index in [2.05, 4.69) is 4.98 Å². The zero-order valence-electron chi connectivity index (χ0n) is 11.2. The SMILES string of the molecule is CCOC(=O)c1cnc2ccccc2c1S(C)(C)#N. The molecule has 5 heteroatoms. The second kappa shape index (κ2) is 5.03. The second-order valence-electron chi connectivity index (χ2n) is 4.51. The Morgan fingerprint density at radius 1 is 1.37 bits per heavy atom. The summed E-state index contributed by atoms with van der Waals surface area (Å²) >= 11 is 0. The number of hydrogen-bond donors (Lipinski definition) is 0. The van der Waals surface area contributed by atoms with Crippen LogP contribution < -0.4 is 0 Å². The van der Waals surface area contributed by atoms with Gasteiger partial charge in [-0.25, -0.2) is 9.40 Å². The molecule has 4 nitrogen and oxygen atoms in total. The fourth-order valence-electron chi connectivity index (χ4n) is 2.01. The van der Waals surface area contributed by atoms with E-state index in [0.717, 1.165) is 10.9 Å². The van der Waals surface area contributed by atoms with Crippen molar-refractivity contribution in [3.05, 3.63) is 36.0 Å². The number of benzene rings is 1. The highest BCUT2D eigenvalue weighted by molar-refractivity contribution is 8.20. The van der Waals surface area contributed by atoms with E-state index in [1.807, 2.05) is 24.3 Å². The average Bonchev–Trinajstić information content (AvgIpc) is 2.36. The molecule has 0 radical (unpaired) electrons. The number of carbonyl (C=O) groups excluding carboxylic acids is 1. The Balaban J connectivity index is 2.79. The number of rotatable bonds is 2. The monoisotopic (exact) mass is 276 g/mol. The fraction of sp³-hybridized carbons (Fsp3) is 0.286. The van der Waals surface area contributed by atoms with Gasteiger partial charge in [-0.2, -0.15) is 0 Å². The smallest absolute Gasteiger partial charge is 0.340 e. The van der Waals surface area contributed by atoms with Crippen LogP contribution in [0.1, 0.15) is 17.3 Å². The van der Waals surface area contributed by atoms with Crippen molar-refractivity contribution in [1.82, 2.24) is 4.98 Å². The summed E-state index contributed by atoms with van der Waals surface area (Å²) in [6, 6.07) is 7.47. The van der Waals surface area contributed by atoms with Gasteiger partial charge in [0.1, 0.15) is 0 Å². The molecule has 0 N–H and O–H groups in total. The molecule has 1 aromatic carbocycles. The summed E-state index contributed by atoms with van der Waals surface area (Å²) < 4.78 is 15.5. The van der Waals surface area contributed by atoms with Crippen LogP contribution in [0, 0.1) is 4.61 Å². The van der Waals surface area contributed by atoms with E-state index in [-0.39, 0.29) is 0 Å². The highest BCUT2D eigenvalue weighted by Gasteiger charge is 2.21. The predicted molar refractivity (Wildman–Crippen MR) is 77.1 cm³/mol. The first kappa shape index (κ1) is 13.6. The number of fused-ring (bicyclic) bond motifs is 1. The van der Waals surface area contributed by atoms with Crippen LogP contribution in [0.2, 0.25) is 0 Å². The Bertz CT molecular complexity index is 735. The van der Waals surface area contributed by atoms with Gasteiger partial charge in [-0.1, -0.05) is 18.2 Å². The number of carbonyl (C=O) groups is 1. The molecular weight excluding hydrogens is 260 g/mol. The fourth-order valence-corrected chi connectivity index (χ4v) is 3.39. The Labute approximate surface area is 113 Å². The number of esters is 1. The van der Waals surface area contributed by atoms with Crippen LogP contribution in [0.25, 0.3) is 10.9 Å². The quantitative estimate of drug-likeness (QED) is 0.789. The normalized spacial score (nSPS) is 11.5. The zero-order chi connectivity index (χ0) is 14.0. The standard InChI is InChI=1S/C14H16N2O2S/c1-4-18-14(17)11-9-16-12-8-6-5-7-10(12)13(11)19(2,3)15/h5-9H,4H2,1-3H3. The second-order valence-corrected chi connectivity index (χ2v) is 7.47. The summed E-state index contributed by atoms with van der Waals surface area (Å²) in [5.74, 6) is -0.439. The minimum Gasteiger partial charge on any atom is -0.462 e. The van der Waals surface area contributed by atoms with Crippen LogP contribution in [0.15, 0.2) is 35.4 Å². The molecule has 0 spiro atoms. The molecule has 0 aliphatic carbocycles. The molecule has 0 saturated heterocycles. The molecular formula is C14H16N2O2S. The van der Waals surface area contributed by atoms with E-state index in [1.54, 1.807) is 19.4 Å². The molecule has 2 aromatic rings. The maximum Gasteiger partial charge on any atom is 0.340 e. The predicted octanol–water partition coefficient (Wildman–Crippen LogP) is 3.31. The van der Waals surface area contributed by atoms with Crippen LogP contribution in [-0.4, -0.2) is 30.1 Å². The van der Waals surface area contributed by atoms with Gasteiger partial charge in [0.15, 0.2) is 0 Å². The summed E-state index contributed by atoms with van der Waals surface area (Å²) in [5, 5.41) is 0.801. The average molecular weight is 276 g/mol. The first-order valence-corrected chi connectivity index (χ1v) is 8.36. The lowest BCUT2D eigenvalue weighted by Crippen LogP contribution is -2.08. The first-order valence-electron chi connectivity index (χ1n) is 5.96. The number of pyridine rings is 1. The van der Waals surface area contributed by atoms with Gasteiger partial charge < -0.3 is 4.74 Å². The number of aromatic nitrogens is 1. The number of ether oxygens (including phenoxy) is 1. The van der Waals surface area contributed by atoms with Crippen molar-refractivity contribution in [3.63, 3.8) is 0 Å². The third kappa shape index (κ3) is 2.62. The van der Waals surface area contributed by atoms with Crippen molar-refractivity contribution in [2.24, 2.45) is 0 Å². The third-order valence-electron chi connectivity index (χ3n) is 2.72. The van der Waals surface area contributed by atoms with Crippen molar-refractivity contribution in [2.75, 3.05) is 19.1 Å². The summed E-state index contributed by atoms with van der Waals surface area (Å²) in [7, 11) is -2.06. The molecule has 0 atom stereocenters. The van der Waals surface area contributed by atoms with Crippen LogP contribution in [0.3, 0.4) is 0 Å². The van der Waals surface area contributed by atoms with Gasteiger partial charge in [0, 0.05) is 29.0 Å². The van der Waals surface area contributed by atoms with Crippen molar-refractivity contribution in [3.8, 4) is 0 Å². The van der Waals surface area contributed by atoms with Gasteiger partial charge in [0.05, 0.1) is 17.7 Å². The molecule has 2 rings (SSSR count). The first-order chi connectivity index (χ1) is 8.95. The molecule has 1 heterocycles. The molecule has 19 heavy (non-hydrogen) atoms. The lowest BCUT2D eigenvalue weighted by molar-refractivity contribution is 0.0522. The number of para-hydroxylation sites is 1. The summed E-state index contributed by atoms with van der Waals surface area (Å²) in [6.45, 7) is 2.05. The highest BCUT2D eigenvalue weighted by atomic mass is 32.2. The minimum atomic E-state index is -2.06. The molecule has 0 aliphatic rings. The molecule has 0 saturated carbocycles. The Kier molecular flexibility index (Phi) is 3.60.